The van der Waals surface area contributed by atoms with Crippen LogP contribution in [-0.2, 0) is 16.0 Å². The van der Waals surface area contributed by atoms with Crippen molar-refractivity contribution in [2.45, 2.75) is 52.9 Å². The van der Waals surface area contributed by atoms with E-state index >= 15 is 0 Å². The summed E-state index contributed by atoms with van der Waals surface area (Å²) in [5.74, 6) is 1.53. The quantitative estimate of drug-likeness (QED) is 0.247. The average molecular weight is 442 g/mol. The zero-order chi connectivity index (χ0) is 23.5. The predicted octanol–water partition coefficient (Wildman–Crippen LogP) is 5.47. The zero-order valence-electron chi connectivity index (χ0n) is 20.1. The van der Waals surface area contributed by atoms with Crippen LogP contribution >= 0.6 is 0 Å². The average Bonchev–Trinajstić information content (AvgIpc) is 2.80. The van der Waals surface area contributed by atoms with Crippen molar-refractivity contribution in [1.82, 2.24) is 4.98 Å². The summed E-state index contributed by atoms with van der Waals surface area (Å²) in [5, 5.41) is 0. The third-order valence-electron chi connectivity index (χ3n) is 5.54. The standard InChI is InChI=1S/C26H35NO5/c1-7-32-26(28)21(14-10-8-9-12-20-13-11-15-27-17-20)16-22-23(29-4)18(2)19(3)24(30-5)25(22)31-6/h11,13,15-17H,7-10,12,14H2,1-6H3/b21-16+. The maximum Gasteiger partial charge on any atom is 0.334 e. The minimum absolute atomic E-state index is 0.318. The van der Waals surface area contributed by atoms with E-state index in [0.29, 0.717) is 41.4 Å². The van der Waals surface area contributed by atoms with Crippen molar-refractivity contribution in [2.24, 2.45) is 0 Å². The molecule has 0 saturated carbocycles. The molecule has 6 nitrogen and oxygen atoms in total. The van der Waals surface area contributed by atoms with Gasteiger partial charge in [-0.15, -0.1) is 0 Å². The number of carbonyl (C=O) groups is 1. The highest BCUT2D eigenvalue weighted by atomic mass is 16.5. The molecular weight excluding hydrogens is 406 g/mol. The van der Waals surface area contributed by atoms with E-state index in [0.717, 1.165) is 36.8 Å². The third-order valence-corrected chi connectivity index (χ3v) is 5.54. The van der Waals surface area contributed by atoms with Crippen molar-refractivity contribution in [3.63, 3.8) is 0 Å². The van der Waals surface area contributed by atoms with Crippen LogP contribution in [0.5, 0.6) is 17.2 Å². The van der Waals surface area contributed by atoms with Crippen LogP contribution in [0.3, 0.4) is 0 Å². The second-order valence-electron chi connectivity index (χ2n) is 7.58. The van der Waals surface area contributed by atoms with Crippen molar-refractivity contribution in [3.8, 4) is 17.2 Å². The van der Waals surface area contributed by atoms with Crippen LogP contribution < -0.4 is 14.2 Å². The van der Waals surface area contributed by atoms with Crippen LogP contribution in [0.25, 0.3) is 6.08 Å². The molecule has 0 radical (unpaired) electrons. The van der Waals surface area contributed by atoms with Gasteiger partial charge in [-0.2, -0.15) is 0 Å². The molecule has 32 heavy (non-hydrogen) atoms. The van der Waals surface area contributed by atoms with Gasteiger partial charge in [0.05, 0.1) is 33.5 Å². The summed E-state index contributed by atoms with van der Waals surface area (Å²) in [6, 6.07) is 4.04. The second kappa shape index (κ2) is 12.7. The van der Waals surface area contributed by atoms with Crippen LogP contribution in [-0.4, -0.2) is 38.9 Å². The Bertz CT molecular complexity index is 922. The van der Waals surface area contributed by atoms with Gasteiger partial charge in [-0.05, 0) is 69.7 Å². The smallest absolute Gasteiger partial charge is 0.334 e. The molecule has 174 valence electrons. The fourth-order valence-electron chi connectivity index (χ4n) is 3.78. The molecule has 0 amide bonds. The van der Waals surface area contributed by atoms with Crippen LogP contribution in [0, 0.1) is 13.8 Å². The highest BCUT2D eigenvalue weighted by Gasteiger charge is 2.23. The molecule has 1 aromatic carbocycles. The highest BCUT2D eigenvalue weighted by molar-refractivity contribution is 5.95. The summed E-state index contributed by atoms with van der Waals surface area (Å²) in [4.78, 5) is 16.9. The minimum atomic E-state index is -0.318. The summed E-state index contributed by atoms with van der Waals surface area (Å²) in [7, 11) is 4.82. The lowest BCUT2D eigenvalue weighted by atomic mass is 9.97. The molecule has 1 aromatic heterocycles. The summed E-state index contributed by atoms with van der Waals surface area (Å²) in [5.41, 5.74) is 4.39. The molecule has 0 saturated heterocycles. The van der Waals surface area contributed by atoms with E-state index in [9.17, 15) is 4.79 Å². The molecule has 2 rings (SSSR count). The topological polar surface area (TPSA) is 66.9 Å². The number of unbranched alkanes of at least 4 members (excludes halogenated alkanes) is 2. The maximum absolute atomic E-state index is 12.7. The number of nitrogens with zero attached hydrogens (tertiary/aromatic N) is 1. The van der Waals surface area contributed by atoms with Gasteiger partial charge in [-0.1, -0.05) is 12.5 Å². The fourth-order valence-corrected chi connectivity index (χ4v) is 3.78. The van der Waals surface area contributed by atoms with E-state index in [-0.39, 0.29) is 5.97 Å². The lowest BCUT2D eigenvalue weighted by Gasteiger charge is -2.20. The van der Waals surface area contributed by atoms with Gasteiger partial charge in [-0.25, -0.2) is 4.79 Å². The molecule has 0 aliphatic carbocycles. The summed E-state index contributed by atoms with van der Waals surface area (Å²) >= 11 is 0. The maximum atomic E-state index is 12.7. The zero-order valence-corrected chi connectivity index (χ0v) is 20.1. The molecule has 6 heteroatoms. The molecule has 0 bridgehead atoms. The first-order chi connectivity index (χ1) is 15.5. The third kappa shape index (κ3) is 6.25. The predicted molar refractivity (Wildman–Crippen MR) is 127 cm³/mol. The van der Waals surface area contributed by atoms with Crippen LogP contribution in [0.15, 0.2) is 30.1 Å². The molecule has 0 unspecified atom stereocenters. The normalized spacial score (nSPS) is 11.2. The molecule has 0 spiro atoms. The number of esters is 1. The largest absolute Gasteiger partial charge is 0.496 e. The van der Waals surface area contributed by atoms with Crippen LogP contribution in [0.4, 0.5) is 0 Å². The van der Waals surface area contributed by atoms with Gasteiger partial charge >= 0.3 is 5.97 Å². The van der Waals surface area contributed by atoms with E-state index in [1.807, 2.05) is 39.1 Å². The van der Waals surface area contributed by atoms with Gasteiger partial charge in [0.15, 0.2) is 11.5 Å². The summed E-state index contributed by atoms with van der Waals surface area (Å²) < 4.78 is 22.3. The number of benzene rings is 1. The highest BCUT2D eigenvalue weighted by Crippen LogP contribution is 2.44. The minimum Gasteiger partial charge on any atom is -0.496 e. The fraction of sp³-hybridized carbons (Fsp3) is 0.462. The van der Waals surface area contributed by atoms with Crippen LogP contribution in [0.1, 0.15) is 54.9 Å². The molecule has 0 fully saturated rings. The number of aromatic nitrogens is 1. The number of aryl methyl sites for hydroxylation is 1. The van der Waals surface area contributed by atoms with Gasteiger partial charge in [-0.3, -0.25) is 4.98 Å². The molecule has 2 aromatic rings. The Morgan fingerprint density at radius 3 is 2.25 bits per heavy atom. The Morgan fingerprint density at radius 2 is 1.66 bits per heavy atom. The van der Waals surface area contributed by atoms with Crippen molar-refractivity contribution < 1.29 is 23.7 Å². The van der Waals surface area contributed by atoms with E-state index in [1.165, 1.54) is 5.56 Å². The van der Waals surface area contributed by atoms with Gasteiger partial charge in [0, 0.05) is 23.5 Å². The van der Waals surface area contributed by atoms with Crippen molar-refractivity contribution in [3.05, 3.63) is 52.4 Å². The number of hydrogen-bond acceptors (Lipinski definition) is 6. The molecule has 0 aliphatic rings. The molecular formula is C26H35NO5. The van der Waals surface area contributed by atoms with Crippen molar-refractivity contribution >= 4 is 12.0 Å². The lowest BCUT2D eigenvalue weighted by Crippen LogP contribution is -2.09. The summed E-state index contributed by atoms with van der Waals surface area (Å²) in [6.45, 7) is 6.06. The number of carbonyl (C=O) groups excluding carboxylic acids is 1. The van der Waals surface area contributed by atoms with E-state index in [2.05, 4.69) is 11.1 Å². The Balaban J connectivity index is 2.29. The number of methoxy groups -OCH3 is 3. The number of ether oxygens (including phenoxy) is 4. The van der Waals surface area contributed by atoms with Gasteiger partial charge in [0.2, 0.25) is 0 Å². The Kier molecular flexibility index (Phi) is 10.1. The lowest BCUT2D eigenvalue weighted by molar-refractivity contribution is -0.138. The second-order valence-corrected chi connectivity index (χ2v) is 7.58. The van der Waals surface area contributed by atoms with Crippen molar-refractivity contribution in [2.75, 3.05) is 27.9 Å². The number of pyridine rings is 1. The first kappa shape index (κ1) is 25.2. The molecule has 0 atom stereocenters. The molecule has 0 N–H and O–H groups in total. The Labute approximate surface area is 191 Å². The van der Waals surface area contributed by atoms with E-state index in [4.69, 9.17) is 18.9 Å². The monoisotopic (exact) mass is 441 g/mol. The van der Waals surface area contributed by atoms with Gasteiger partial charge in [0.1, 0.15) is 5.75 Å². The van der Waals surface area contributed by atoms with E-state index < -0.39 is 0 Å². The molecule has 1 heterocycles. The van der Waals surface area contributed by atoms with E-state index in [1.54, 1.807) is 27.5 Å². The SMILES string of the molecule is CCOC(=O)/C(=C/c1c(OC)c(C)c(C)c(OC)c1OC)CCCCCc1cccnc1. The first-order valence-corrected chi connectivity index (χ1v) is 11.0. The van der Waals surface area contributed by atoms with Crippen LogP contribution in [0.2, 0.25) is 0 Å². The Morgan fingerprint density at radius 1 is 0.969 bits per heavy atom. The molecule has 0 aliphatic heterocycles. The van der Waals surface area contributed by atoms with Crippen molar-refractivity contribution in [1.29, 1.82) is 0 Å². The first-order valence-electron chi connectivity index (χ1n) is 11.0. The number of hydrogen-bond donors (Lipinski definition) is 0. The van der Waals surface area contributed by atoms with Gasteiger partial charge in [0.25, 0.3) is 0 Å². The number of rotatable bonds is 12. The Hall–Kier alpha value is -3.02. The van der Waals surface area contributed by atoms with Gasteiger partial charge < -0.3 is 18.9 Å². The summed E-state index contributed by atoms with van der Waals surface area (Å²) in [6.07, 6.45) is 9.99.